The fourth-order valence-corrected chi connectivity index (χ4v) is 3.09. The first-order chi connectivity index (χ1) is 9.60. The van der Waals surface area contributed by atoms with Crippen molar-refractivity contribution in [1.29, 1.82) is 0 Å². The molecule has 3 rings (SSSR count). The molecule has 1 amide bonds. The predicted octanol–water partition coefficient (Wildman–Crippen LogP) is 1.18. The van der Waals surface area contributed by atoms with Gasteiger partial charge >= 0.3 is 0 Å². The van der Waals surface area contributed by atoms with E-state index in [1.807, 2.05) is 19.0 Å². The van der Waals surface area contributed by atoms with Crippen molar-refractivity contribution in [3.05, 3.63) is 18.2 Å². The van der Waals surface area contributed by atoms with Crippen molar-refractivity contribution in [3.8, 4) is 0 Å². The third-order valence-corrected chi connectivity index (χ3v) is 4.32. The summed E-state index contributed by atoms with van der Waals surface area (Å²) in [5, 5.41) is 0. The van der Waals surface area contributed by atoms with Crippen LogP contribution < -0.4 is 0 Å². The number of aryl methyl sites for hydroxylation is 1. The van der Waals surface area contributed by atoms with E-state index in [2.05, 4.69) is 4.98 Å². The molecule has 0 unspecified atom stereocenters. The molecule has 6 nitrogen and oxygen atoms in total. The van der Waals surface area contributed by atoms with E-state index >= 15 is 0 Å². The van der Waals surface area contributed by atoms with Crippen molar-refractivity contribution < 1.29 is 14.3 Å². The molecule has 2 aliphatic rings. The second kappa shape index (κ2) is 5.18. The Labute approximate surface area is 118 Å². The third-order valence-electron chi connectivity index (χ3n) is 4.32. The first kappa shape index (κ1) is 13.6. The molecule has 2 fully saturated rings. The van der Waals surface area contributed by atoms with E-state index in [9.17, 15) is 4.79 Å². The highest BCUT2D eigenvalue weighted by Crippen LogP contribution is 2.37. The highest BCUT2D eigenvalue weighted by atomic mass is 16.7. The lowest BCUT2D eigenvalue weighted by Gasteiger charge is -2.38. The standard InChI is InChI=1S/C14H21N3O3/c1-16-9-12(15-10-16)13(18)17(2)11-3-5-14(6-4-11)19-7-8-20-14/h9-11H,3-8H2,1-2H3. The smallest absolute Gasteiger partial charge is 0.274 e. The Balaban J connectivity index is 1.61. The van der Waals surface area contributed by atoms with Crippen LogP contribution in [0.25, 0.3) is 0 Å². The summed E-state index contributed by atoms with van der Waals surface area (Å²) < 4.78 is 13.2. The van der Waals surface area contributed by atoms with Gasteiger partial charge in [0.1, 0.15) is 5.69 Å². The Hall–Kier alpha value is -1.40. The average molecular weight is 279 g/mol. The molecule has 1 aromatic heterocycles. The molecular formula is C14H21N3O3. The minimum Gasteiger partial charge on any atom is -0.348 e. The van der Waals surface area contributed by atoms with Crippen molar-refractivity contribution >= 4 is 5.91 Å². The molecule has 2 heterocycles. The maximum Gasteiger partial charge on any atom is 0.274 e. The molecule has 0 aromatic carbocycles. The van der Waals surface area contributed by atoms with Gasteiger partial charge in [0.05, 0.1) is 19.5 Å². The van der Waals surface area contributed by atoms with E-state index in [0.717, 1.165) is 25.7 Å². The quantitative estimate of drug-likeness (QED) is 0.815. The van der Waals surface area contributed by atoms with E-state index in [0.29, 0.717) is 18.9 Å². The van der Waals surface area contributed by atoms with Crippen molar-refractivity contribution in [2.75, 3.05) is 20.3 Å². The molecule has 0 radical (unpaired) electrons. The molecule has 1 aromatic rings. The lowest BCUT2D eigenvalue weighted by molar-refractivity contribution is -0.182. The number of carbonyl (C=O) groups is 1. The Morgan fingerprint density at radius 3 is 2.60 bits per heavy atom. The van der Waals surface area contributed by atoms with Crippen LogP contribution in [0.5, 0.6) is 0 Å². The van der Waals surface area contributed by atoms with Gasteiger partial charge in [0.2, 0.25) is 0 Å². The SMILES string of the molecule is CN(C(=O)c1cn(C)cn1)C1CCC2(CC1)OCCO2. The van der Waals surface area contributed by atoms with Crippen molar-refractivity contribution in [2.24, 2.45) is 7.05 Å². The topological polar surface area (TPSA) is 56.6 Å². The van der Waals surface area contributed by atoms with E-state index < -0.39 is 0 Å². The van der Waals surface area contributed by atoms with Crippen LogP contribution in [0.1, 0.15) is 36.2 Å². The molecule has 20 heavy (non-hydrogen) atoms. The zero-order valence-corrected chi connectivity index (χ0v) is 12.0. The van der Waals surface area contributed by atoms with Crippen molar-refractivity contribution in [2.45, 2.75) is 37.5 Å². The van der Waals surface area contributed by atoms with Crippen molar-refractivity contribution in [3.63, 3.8) is 0 Å². The number of imidazole rings is 1. The van der Waals surface area contributed by atoms with Crippen LogP contribution >= 0.6 is 0 Å². The van der Waals surface area contributed by atoms with E-state index in [1.54, 1.807) is 17.1 Å². The second-order valence-electron chi connectivity index (χ2n) is 5.68. The van der Waals surface area contributed by atoms with Gasteiger partial charge in [-0.2, -0.15) is 0 Å². The summed E-state index contributed by atoms with van der Waals surface area (Å²) in [5.74, 6) is -0.384. The molecule has 6 heteroatoms. The van der Waals surface area contributed by atoms with Crippen LogP contribution in [0.3, 0.4) is 0 Å². The fraction of sp³-hybridized carbons (Fsp3) is 0.714. The number of aromatic nitrogens is 2. The maximum absolute atomic E-state index is 12.4. The van der Waals surface area contributed by atoms with Crippen LogP contribution in [0.4, 0.5) is 0 Å². The molecule has 110 valence electrons. The molecular weight excluding hydrogens is 258 g/mol. The average Bonchev–Trinajstić information content (AvgIpc) is 3.08. The van der Waals surface area contributed by atoms with E-state index in [-0.39, 0.29) is 17.7 Å². The first-order valence-electron chi connectivity index (χ1n) is 7.13. The van der Waals surface area contributed by atoms with Crippen LogP contribution in [0.2, 0.25) is 0 Å². The number of rotatable bonds is 2. The molecule has 1 spiro atoms. The van der Waals surface area contributed by atoms with Gasteiger partial charge in [0.25, 0.3) is 5.91 Å². The zero-order valence-electron chi connectivity index (χ0n) is 12.0. The van der Waals surface area contributed by atoms with Gasteiger partial charge in [-0.25, -0.2) is 4.98 Å². The number of hydrogen-bond donors (Lipinski definition) is 0. The maximum atomic E-state index is 12.4. The largest absolute Gasteiger partial charge is 0.348 e. The molecule has 1 saturated carbocycles. The van der Waals surface area contributed by atoms with Crippen LogP contribution in [-0.4, -0.2) is 52.4 Å². The number of hydrogen-bond acceptors (Lipinski definition) is 4. The minimum absolute atomic E-state index is 0.0141. The van der Waals surface area contributed by atoms with Crippen LogP contribution in [0, 0.1) is 0 Å². The van der Waals surface area contributed by atoms with Gasteiger partial charge in [-0.15, -0.1) is 0 Å². The number of nitrogens with zero attached hydrogens (tertiary/aromatic N) is 3. The molecule has 0 N–H and O–H groups in total. The Kier molecular flexibility index (Phi) is 3.52. The molecule has 1 saturated heterocycles. The molecule has 1 aliphatic heterocycles. The monoisotopic (exact) mass is 279 g/mol. The highest BCUT2D eigenvalue weighted by molar-refractivity contribution is 5.92. The summed E-state index contributed by atoms with van der Waals surface area (Å²) in [5.41, 5.74) is 0.503. The van der Waals surface area contributed by atoms with Gasteiger partial charge in [0, 0.05) is 39.2 Å². The van der Waals surface area contributed by atoms with Crippen LogP contribution in [-0.2, 0) is 16.5 Å². The fourth-order valence-electron chi connectivity index (χ4n) is 3.09. The molecule has 0 bridgehead atoms. The summed E-state index contributed by atoms with van der Waals surface area (Å²) in [6.07, 6.45) is 6.95. The lowest BCUT2D eigenvalue weighted by atomic mass is 9.89. The minimum atomic E-state index is -0.370. The van der Waals surface area contributed by atoms with Gasteiger partial charge in [-0.1, -0.05) is 0 Å². The van der Waals surface area contributed by atoms with Gasteiger partial charge in [0.15, 0.2) is 5.79 Å². The Morgan fingerprint density at radius 2 is 2.05 bits per heavy atom. The number of amides is 1. The zero-order chi connectivity index (χ0) is 14.2. The highest BCUT2D eigenvalue weighted by Gasteiger charge is 2.41. The third kappa shape index (κ3) is 2.45. The number of carbonyl (C=O) groups excluding carboxylic acids is 1. The second-order valence-corrected chi connectivity index (χ2v) is 5.68. The predicted molar refractivity (Wildman–Crippen MR) is 72.2 cm³/mol. The Morgan fingerprint density at radius 1 is 1.40 bits per heavy atom. The van der Waals surface area contributed by atoms with Gasteiger partial charge in [-0.3, -0.25) is 4.79 Å². The normalized spacial score (nSPS) is 22.3. The summed E-state index contributed by atoms with van der Waals surface area (Å²) in [4.78, 5) is 18.3. The summed E-state index contributed by atoms with van der Waals surface area (Å²) in [6, 6.07) is 0.239. The number of ether oxygens (including phenoxy) is 2. The summed E-state index contributed by atoms with van der Waals surface area (Å²) in [6.45, 7) is 1.38. The van der Waals surface area contributed by atoms with E-state index in [4.69, 9.17) is 9.47 Å². The van der Waals surface area contributed by atoms with Crippen molar-refractivity contribution in [1.82, 2.24) is 14.5 Å². The molecule has 1 aliphatic carbocycles. The van der Waals surface area contributed by atoms with Gasteiger partial charge < -0.3 is 18.9 Å². The Bertz CT molecular complexity index is 484. The summed E-state index contributed by atoms with van der Waals surface area (Å²) >= 11 is 0. The van der Waals surface area contributed by atoms with Gasteiger partial charge in [-0.05, 0) is 12.8 Å². The molecule has 0 atom stereocenters. The van der Waals surface area contributed by atoms with Crippen LogP contribution in [0.15, 0.2) is 12.5 Å². The lowest BCUT2D eigenvalue weighted by Crippen LogP contribution is -2.45. The van der Waals surface area contributed by atoms with E-state index in [1.165, 1.54) is 0 Å². The summed E-state index contributed by atoms with van der Waals surface area (Å²) in [7, 11) is 3.72. The first-order valence-corrected chi connectivity index (χ1v) is 7.13.